The lowest BCUT2D eigenvalue weighted by Gasteiger charge is -2.05. The van der Waals surface area contributed by atoms with Crippen LogP contribution >= 0.6 is 15.9 Å². The first-order valence-corrected chi connectivity index (χ1v) is 7.08. The van der Waals surface area contributed by atoms with Crippen molar-refractivity contribution in [2.75, 3.05) is 5.73 Å². The van der Waals surface area contributed by atoms with Crippen LogP contribution in [0.5, 0.6) is 0 Å². The summed E-state index contributed by atoms with van der Waals surface area (Å²) >= 11 is 3.38. The second-order valence-corrected chi connectivity index (χ2v) is 5.36. The summed E-state index contributed by atoms with van der Waals surface area (Å²) in [5.41, 5.74) is 9.80. The minimum atomic E-state index is 0.549. The molecule has 4 nitrogen and oxygen atoms in total. The number of rotatable bonds is 2. The average Bonchev–Trinajstić information content (AvgIpc) is 2.97. The number of benzene rings is 2. The molecule has 0 fully saturated rings. The van der Waals surface area contributed by atoms with Gasteiger partial charge in [0.2, 0.25) is 0 Å². The van der Waals surface area contributed by atoms with Gasteiger partial charge < -0.3 is 5.73 Å². The largest absolute Gasteiger partial charge is 0.398 e. The van der Waals surface area contributed by atoms with Gasteiger partial charge in [-0.1, -0.05) is 24.3 Å². The predicted molar refractivity (Wildman–Crippen MR) is 85.8 cm³/mol. The molecule has 102 valence electrons. The molecule has 0 bridgehead atoms. The van der Waals surface area contributed by atoms with Crippen molar-refractivity contribution in [2.24, 2.45) is 0 Å². The first-order chi connectivity index (χ1) is 10.2. The van der Waals surface area contributed by atoms with Crippen LogP contribution in [0.1, 0.15) is 5.56 Å². The van der Waals surface area contributed by atoms with E-state index in [1.165, 1.54) is 0 Å². The second kappa shape index (κ2) is 5.43. The van der Waals surface area contributed by atoms with E-state index in [0.717, 1.165) is 21.3 Å². The number of nitriles is 1. The van der Waals surface area contributed by atoms with Gasteiger partial charge >= 0.3 is 0 Å². The maximum Gasteiger partial charge on any atom is 0.103 e. The molecule has 0 amide bonds. The van der Waals surface area contributed by atoms with Crippen LogP contribution < -0.4 is 5.73 Å². The smallest absolute Gasteiger partial charge is 0.103 e. The second-order valence-electron chi connectivity index (χ2n) is 4.51. The van der Waals surface area contributed by atoms with E-state index in [-0.39, 0.29) is 0 Å². The van der Waals surface area contributed by atoms with Gasteiger partial charge in [-0.2, -0.15) is 10.4 Å². The summed E-state index contributed by atoms with van der Waals surface area (Å²) in [6.07, 6.45) is 3.61. The third-order valence-electron chi connectivity index (χ3n) is 3.20. The average molecular weight is 339 g/mol. The molecule has 0 aliphatic rings. The van der Waals surface area contributed by atoms with Gasteiger partial charge in [-0.05, 0) is 34.1 Å². The molecule has 2 aromatic carbocycles. The highest BCUT2D eigenvalue weighted by Crippen LogP contribution is 2.27. The monoisotopic (exact) mass is 338 g/mol. The molecule has 0 unspecified atom stereocenters. The zero-order valence-electron chi connectivity index (χ0n) is 11.0. The molecular weight excluding hydrogens is 328 g/mol. The number of nitrogen functional groups attached to an aromatic ring is 1. The molecule has 1 heterocycles. The van der Waals surface area contributed by atoms with Crippen molar-refractivity contribution in [1.82, 2.24) is 9.78 Å². The quantitative estimate of drug-likeness (QED) is 0.723. The van der Waals surface area contributed by atoms with Gasteiger partial charge in [0.05, 0.1) is 17.4 Å². The third kappa shape index (κ3) is 2.41. The third-order valence-corrected chi connectivity index (χ3v) is 3.87. The minimum absolute atomic E-state index is 0.549. The summed E-state index contributed by atoms with van der Waals surface area (Å²) in [7, 11) is 0. The number of nitrogens with zero attached hydrogens (tertiary/aromatic N) is 3. The van der Waals surface area contributed by atoms with Crippen LogP contribution in [0.4, 0.5) is 5.69 Å². The molecule has 0 aliphatic carbocycles. The maximum atomic E-state index is 9.29. The van der Waals surface area contributed by atoms with E-state index in [1.807, 2.05) is 48.7 Å². The molecule has 2 N–H and O–H groups in total. The Morgan fingerprint density at radius 3 is 2.71 bits per heavy atom. The van der Waals surface area contributed by atoms with Gasteiger partial charge in [0, 0.05) is 27.5 Å². The summed E-state index contributed by atoms with van der Waals surface area (Å²) in [6.45, 7) is 0. The maximum absolute atomic E-state index is 9.29. The van der Waals surface area contributed by atoms with Crippen molar-refractivity contribution in [1.29, 1.82) is 5.26 Å². The fraction of sp³-hybridized carbons (Fsp3) is 0. The lowest BCUT2D eigenvalue weighted by molar-refractivity contribution is 0.876. The van der Waals surface area contributed by atoms with Gasteiger partial charge in [0.15, 0.2) is 0 Å². The molecule has 0 aliphatic heterocycles. The van der Waals surface area contributed by atoms with E-state index in [2.05, 4.69) is 27.1 Å². The minimum Gasteiger partial charge on any atom is -0.398 e. The number of halogens is 1. The molecule has 0 spiro atoms. The van der Waals surface area contributed by atoms with Crippen molar-refractivity contribution in [3.8, 4) is 22.9 Å². The summed E-state index contributed by atoms with van der Waals surface area (Å²) in [5.74, 6) is 0. The lowest BCUT2D eigenvalue weighted by atomic mass is 10.1. The Bertz CT molecular complexity index is 845. The van der Waals surface area contributed by atoms with Gasteiger partial charge in [0.1, 0.15) is 6.07 Å². The Labute approximate surface area is 130 Å². The first-order valence-electron chi connectivity index (χ1n) is 6.29. The number of anilines is 1. The van der Waals surface area contributed by atoms with Crippen molar-refractivity contribution in [3.05, 3.63) is 64.9 Å². The molecule has 0 saturated carbocycles. The zero-order chi connectivity index (χ0) is 14.8. The molecular formula is C16H11BrN4. The summed E-state index contributed by atoms with van der Waals surface area (Å²) in [4.78, 5) is 0. The highest BCUT2D eigenvalue weighted by Gasteiger charge is 2.11. The molecule has 1 aromatic heterocycles. The summed E-state index contributed by atoms with van der Waals surface area (Å²) in [5, 5.41) is 13.6. The van der Waals surface area contributed by atoms with Gasteiger partial charge in [-0.3, -0.25) is 0 Å². The Balaban J connectivity index is 2.10. The van der Waals surface area contributed by atoms with E-state index >= 15 is 0 Å². The fourth-order valence-corrected chi connectivity index (χ4v) is 2.61. The lowest BCUT2D eigenvalue weighted by Crippen LogP contribution is -1.98. The Kier molecular flexibility index (Phi) is 3.46. The molecule has 0 radical (unpaired) electrons. The van der Waals surface area contributed by atoms with E-state index < -0.39 is 0 Å². The van der Waals surface area contributed by atoms with Gasteiger partial charge in [0.25, 0.3) is 0 Å². The van der Waals surface area contributed by atoms with Crippen molar-refractivity contribution < 1.29 is 0 Å². The zero-order valence-corrected chi connectivity index (χ0v) is 12.6. The molecule has 0 atom stereocenters. The van der Waals surface area contributed by atoms with Crippen LogP contribution in [0.3, 0.4) is 0 Å². The van der Waals surface area contributed by atoms with E-state index in [9.17, 15) is 5.26 Å². The number of hydrogen-bond acceptors (Lipinski definition) is 3. The number of hydrogen-bond donors (Lipinski definition) is 1. The summed E-state index contributed by atoms with van der Waals surface area (Å²) < 4.78 is 2.43. The predicted octanol–water partition coefficient (Wildman–Crippen LogP) is 3.76. The molecule has 3 rings (SSSR count). The van der Waals surface area contributed by atoms with Crippen LogP contribution in [0, 0.1) is 11.3 Å². The van der Waals surface area contributed by atoms with Crippen LogP contribution in [0.2, 0.25) is 0 Å². The van der Waals surface area contributed by atoms with E-state index in [4.69, 9.17) is 5.73 Å². The standard InChI is InChI=1S/C16H11BrN4/c17-14-5-3-7-16(13(14)8-18)21-10-11(9-20-21)12-4-1-2-6-15(12)19/h1-7,9-10H,19H2. The van der Waals surface area contributed by atoms with Crippen molar-refractivity contribution >= 4 is 21.6 Å². The van der Waals surface area contributed by atoms with E-state index in [0.29, 0.717) is 11.3 Å². The normalized spacial score (nSPS) is 10.3. The number of nitrogens with two attached hydrogens (primary N) is 1. The van der Waals surface area contributed by atoms with Crippen molar-refractivity contribution in [3.63, 3.8) is 0 Å². The topological polar surface area (TPSA) is 67.6 Å². The van der Waals surface area contributed by atoms with Crippen LogP contribution in [-0.2, 0) is 0 Å². The Morgan fingerprint density at radius 1 is 1.14 bits per heavy atom. The highest BCUT2D eigenvalue weighted by molar-refractivity contribution is 9.10. The van der Waals surface area contributed by atoms with Gasteiger partial charge in [-0.15, -0.1) is 0 Å². The van der Waals surface area contributed by atoms with Crippen molar-refractivity contribution in [2.45, 2.75) is 0 Å². The van der Waals surface area contributed by atoms with Gasteiger partial charge in [-0.25, -0.2) is 4.68 Å². The van der Waals surface area contributed by atoms with E-state index in [1.54, 1.807) is 10.9 Å². The molecule has 3 aromatic rings. The molecule has 5 heteroatoms. The highest BCUT2D eigenvalue weighted by atomic mass is 79.9. The summed E-state index contributed by atoms with van der Waals surface area (Å²) in [6, 6.07) is 15.4. The molecule has 0 saturated heterocycles. The van der Waals surface area contributed by atoms with Crippen LogP contribution in [-0.4, -0.2) is 9.78 Å². The SMILES string of the molecule is N#Cc1c(Br)cccc1-n1cc(-c2ccccc2N)cn1. The Hall–Kier alpha value is -2.58. The Morgan fingerprint density at radius 2 is 1.95 bits per heavy atom. The number of aromatic nitrogens is 2. The fourth-order valence-electron chi connectivity index (χ4n) is 2.17. The first kappa shape index (κ1) is 13.4. The number of para-hydroxylation sites is 1. The van der Waals surface area contributed by atoms with Crippen LogP contribution in [0.25, 0.3) is 16.8 Å². The van der Waals surface area contributed by atoms with Crippen LogP contribution in [0.15, 0.2) is 59.3 Å². The molecule has 21 heavy (non-hydrogen) atoms.